The number of ketones is 1. The van der Waals surface area contributed by atoms with Crippen molar-refractivity contribution >= 4 is 11.8 Å². The Morgan fingerprint density at radius 1 is 1.07 bits per heavy atom. The molecular weight excluding hydrogens is 336 g/mol. The van der Waals surface area contributed by atoms with E-state index in [0.29, 0.717) is 40.8 Å². The number of rotatable bonds is 4. The standard InChI is InChI=1S/C24H38O3/c1-15(4-9-22(26)27)19-7-8-20-18-6-5-16-14-17(25)10-12-23(16,2)21(18)11-13-24(19,20)3/h15-16,18-21H,4-14H2,1-3H3,(H,26,27)/t15-,16-,18+,19+,20+,21+,23+,24-/m1/s1. The average Bonchev–Trinajstić information content (AvgIpc) is 2.97. The number of hydrogen-bond donors (Lipinski definition) is 1. The molecular formula is C24H38O3. The largest absolute Gasteiger partial charge is 0.481 e. The second-order valence-electron chi connectivity index (χ2n) is 11.0. The molecule has 0 aromatic carbocycles. The highest BCUT2D eigenvalue weighted by atomic mass is 16.4. The van der Waals surface area contributed by atoms with E-state index in [1.165, 1.54) is 38.5 Å². The molecule has 4 fully saturated rings. The van der Waals surface area contributed by atoms with E-state index in [1.54, 1.807) is 0 Å². The molecule has 3 nitrogen and oxygen atoms in total. The van der Waals surface area contributed by atoms with Gasteiger partial charge in [-0.25, -0.2) is 0 Å². The molecule has 4 saturated carbocycles. The Hall–Kier alpha value is -0.860. The first-order valence-corrected chi connectivity index (χ1v) is 11.5. The van der Waals surface area contributed by atoms with E-state index in [1.807, 2.05) is 0 Å². The van der Waals surface area contributed by atoms with E-state index in [2.05, 4.69) is 20.8 Å². The molecule has 0 aromatic heterocycles. The molecule has 0 spiro atoms. The Morgan fingerprint density at radius 2 is 1.81 bits per heavy atom. The maximum atomic E-state index is 12.0. The predicted octanol–water partition coefficient (Wildman–Crippen LogP) is 5.72. The highest BCUT2D eigenvalue weighted by Gasteiger charge is 2.60. The summed E-state index contributed by atoms with van der Waals surface area (Å²) in [6.45, 7) is 7.37. The van der Waals surface area contributed by atoms with Crippen LogP contribution >= 0.6 is 0 Å². The summed E-state index contributed by atoms with van der Waals surface area (Å²) < 4.78 is 0. The first-order chi connectivity index (χ1) is 12.8. The van der Waals surface area contributed by atoms with Crippen LogP contribution in [0.15, 0.2) is 0 Å². The lowest BCUT2D eigenvalue weighted by atomic mass is 9.44. The molecule has 0 amide bonds. The number of fused-ring (bicyclic) bond motifs is 5. The molecule has 0 heterocycles. The van der Waals surface area contributed by atoms with Crippen LogP contribution in [0.4, 0.5) is 0 Å². The number of Topliss-reactive ketones (excluding diaryl/α,β-unsaturated/α-hetero) is 1. The van der Waals surface area contributed by atoms with Gasteiger partial charge in [0.25, 0.3) is 0 Å². The van der Waals surface area contributed by atoms with Gasteiger partial charge in [-0.1, -0.05) is 20.8 Å². The van der Waals surface area contributed by atoms with E-state index in [4.69, 9.17) is 5.11 Å². The van der Waals surface area contributed by atoms with Gasteiger partial charge in [0.2, 0.25) is 0 Å². The fraction of sp³-hybridized carbons (Fsp3) is 0.917. The van der Waals surface area contributed by atoms with E-state index < -0.39 is 5.97 Å². The molecule has 0 aliphatic heterocycles. The molecule has 8 atom stereocenters. The molecule has 4 aliphatic carbocycles. The lowest BCUT2D eigenvalue weighted by Gasteiger charge is -2.60. The van der Waals surface area contributed by atoms with Crippen LogP contribution in [0.1, 0.15) is 91.4 Å². The third-order valence-electron chi connectivity index (χ3n) is 10.1. The van der Waals surface area contributed by atoms with Crippen molar-refractivity contribution in [1.82, 2.24) is 0 Å². The highest BCUT2D eigenvalue weighted by molar-refractivity contribution is 5.79. The Bertz CT molecular complexity index is 613. The maximum Gasteiger partial charge on any atom is 0.303 e. The topological polar surface area (TPSA) is 54.4 Å². The lowest BCUT2D eigenvalue weighted by Crippen LogP contribution is -2.53. The third kappa shape index (κ3) is 3.08. The van der Waals surface area contributed by atoms with Gasteiger partial charge in [-0.15, -0.1) is 0 Å². The zero-order chi connectivity index (χ0) is 19.4. The summed E-state index contributed by atoms with van der Waals surface area (Å²) in [4.78, 5) is 23.1. The van der Waals surface area contributed by atoms with Crippen LogP contribution in [0, 0.1) is 46.3 Å². The van der Waals surface area contributed by atoms with Crippen LogP contribution in [0.3, 0.4) is 0 Å². The minimum atomic E-state index is -0.650. The lowest BCUT2D eigenvalue weighted by molar-refractivity contribution is -0.140. The number of hydrogen-bond acceptors (Lipinski definition) is 2. The second kappa shape index (κ2) is 6.88. The number of carbonyl (C=O) groups excluding carboxylic acids is 1. The average molecular weight is 375 g/mol. The Kier molecular flexibility index (Phi) is 4.96. The van der Waals surface area contributed by atoms with Crippen LogP contribution < -0.4 is 0 Å². The van der Waals surface area contributed by atoms with Crippen LogP contribution in [0.2, 0.25) is 0 Å². The van der Waals surface area contributed by atoms with Crippen molar-refractivity contribution < 1.29 is 14.7 Å². The van der Waals surface area contributed by atoms with Gasteiger partial charge < -0.3 is 5.11 Å². The Labute approximate surface area is 164 Å². The van der Waals surface area contributed by atoms with Crippen molar-refractivity contribution in [1.29, 1.82) is 0 Å². The highest BCUT2D eigenvalue weighted by Crippen LogP contribution is 2.68. The van der Waals surface area contributed by atoms with Gasteiger partial charge in [-0.2, -0.15) is 0 Å². The molecule has 0 unspecified atom stereocenters. The SMILES string of the molecule is C[C@H](CCC(=O)O)[C@@H]1CC[C@H]2[C@@H]3CC[C@@H]4CC(=O)CC[C@]4(C)[C@H]3CC[C@@]21C. The van der Waals surface area contributed by atoms with E-state index >= 15 is 0 Å². The van der Waals surface area contributed by atoms with Crippen molar-refractivity contribution in [3.8, 4) is 0 Å². The zero-order valence-corrected chi connectivity index (χ0v) is 17.5. The van der Waals surface area contributed by atoms with Crippen LogP contribution in [-0.4, -0.2) is 16.9 Å². The van der Waals surface area contributed by atoms with Gasteiger partial charge in [0.15, 0.2) is 0 Å². The summed E-state index contributed by atoms with van der Waals surface area (Å²) in [5.41, 5.74) is 0.804. The third-order valence-corrected chi connectivity index (χ3v) is 10.1. The smallest absolute Gasteiger partial charge is 0.303 e. The molecule has 152 valence electrons. The van der Waals surface area contributed by atoms with E-state index in [0.717, 1.165) is 43.4 Å². The molecule has 0 radical (unpaired) electrons. The number of carboxylic acid groups (broad SMARTS) is 1. The molecule has 3 heteroatoms. The molecule has 0 aromatic rings. The van der Waals surface area contributed by atoms with Gasteiger partial charge in [0.1, 0.15) is 5.78 Å². The fourth-order valence-corrected chi connectivity index (χ4v) is 8.57. The van der Waals surface area contributed by atoms with Crippen molar-refractivity contribution in [3.05, 3.63) is 0 Å². The van der Waals surface area contributed by atoms with E-state index in [9.17, 15) is 9.59 Å². The minimum absolute atomic E-state index is 0.318. The first-order valence-electron chi connectivity index (χ1n) is 11.5. The number of carboxylic acids is 1. The summed E-state index contributed by atoms with van der Waals surface area (Å²) in [6.07, 6.45) is 11.8. The maximum absolute atomic E-state index is 12.0. The van der Waals surface area contributed by atoms with Crippen molar-refractivity contribution in [2.45, 2.75) is 91.4 Å². The van der Waals surface area contributed by atoms with Gasteiger partial charge >= 0.3 is 5.97 Å². The quantitative estimate of drug-likeness (QED) is 0.685. The van der Waals surface area contributed by atoms with Gasteiger partial charge in [-0.05, 0) is 97.7 Å². The minimum Gasteiger partial charge on any atom is -0.481 e. The molecule has 1 N–H and O–H groups in total. The van der Waals surface area contributed by atoms with Crippen LogP contribution in [-0.2, 0) is 9.59 Å². The zero-order valence-electron chi connectivity index (χ0n) is 17.5. The summed E-state index contributed by atoms with van der Waals surface area (Å²) in [6, 6.07) is 0. The molecule has 27 heavy (non-hydrogen) atoms. The monoisotopic (exact) mass is 374 g/mol. The first kappa shape index (κ1) is 19.5. The fourth-order valence-electron chi connectivity index (χ4n) is 8.57. The van der Waals surface area contributed by atoms with Crippen LogP contribution in [0.5, 0.6) is 0 Å². The van der Waals surface area contributed by atoms with Crippen molar-refractivity contribution in [2.24, 2.45) is 46.3 Å². The van der Waals surface area contributed by atoms with E-state index in [-0.39, 0.29) is 0 Å². The number of carbonyl (C=O) groups is 2. The van der Waals surface area contributed by atoms with Crippen LogP contribution in [0.25, 0.3) is 0 Å². The summed E-state index contributed by atoms with van der Waals surface area (Å²) in [5.74, 6) is 4.19. The predicted molar refractivity (Wildman–Crippen MR) is 106 cm³/mol. The molecule has 0 bridgehead atoms. The Morgan fingerprint density at radius 3 is 2.56 bits per heavy atom. The summed E-state index contributed by atoms with van der Waals surface area (Å²) in [5, 5.41) is 9.09. The normalized spacial score (nSPS) is 47.7. The second-order valence-corrected chi connectivity index (χ2v) is 11.0. The summed E-state index contributed by atoms with van der Waals surface area (Å²) in [7, 11) is 0. The van der Waals surface area contributed by atoms with Gasteiger partial charge in [-0.3, -0.25) is 9.59 Å². The number of aliphatic carboxylic acids is 1. The van der Waals surface area contributed by atoms with Crippen molar-refractivity contribution in [2.75, 3.05) is 0 Å². The van der Waals surface area contributed by atoms with Crippen molar-refractivity contribution in [3.63, 3.8) is 0 Å². The van der Waals surface area contributed by atoms with Gasteiger partial charge in [0, 0.05) is 19.3 Å². The van der Waals surface area contributed by atoms with Gasteiger partial charge in [0.05, 0.1) is 0 Å². The Balaban J connectivity index is 1.52. The molecule has 4 aliphatic rings. The molecule has 4 rings (SSSR count). The summed E-state index contributed by atoms with van der Waals surface area (Å²) >= 11 is 0. The molecule has 0 saturated heterocycles.